The van der Waals surface area contributed by atoms with Gasteiger partial charge in [0, 0.05) is 11.4 Å². The zero-order valence-electron chi connectivity index (χ0n) is 12.5. The van der Waals surface area contributed by atoms with Crippen molar-refractivity contribution in [3.8, 4) is 0 Å². The van der Waals surface area contributed by atoms with E-state index in [2.05, 4.69) is 79.0 Å². The molecule has 0 amide bonds. The first kappa shape index (κ1) is 13.7. The maximum absolute atomic E-state index is 3.57. The van der Waals surface area contributed by atoms with Gasteiger partial charge in [0.25, 0.3) is 0 Å². The Morgan fingerprint density at radius 1 is 0.810 bits per heavy atom. The van der Waals surface area contributed by atoms with Crippen LogP contribution in [0.1, 0.15) is 25.3 Å². The van der Waals surface area contributed by atoms with Gasteiger partial charge < -0.3 is 5.32 Å². The number of fused-ring (bicyclic) bond motifs is 1. The number of unbranched alkanes of at least 4 members (excludes halogenated alkanes) is 1. The first-order valence-electron chi connectivity index (χ1n) is 7.70. The molecule has 0 atom stereocenters. The Balaban J connectivity index is 1.87. The highest BCUT2D eigenvalue weighted by Crippen LogP contribution is 2.25. The van der Waals surface area contributed by atoms with Gasteiger partial charge in [-0.15, -0.1) is 0 Å². The molecule has 3 rings (SSSR count). The summed E-state index contributed by atoms with van der Waals surface area (Å²) in [5, 5.41) is 6.13. The lowest BCUT2D eigenvalue weighted by Gasteiger charge is -2.12. The minimum absolute atomic E-state index is 1.13. The van der Waals surface area contributed by atoms with E-state index in [1.807, 2.05) is 0 Å². The number of anilines is 2. The summed E-state index contributed by atoms with van der Waals surface area (Å²) in [5.74, 6) is 0. The Hall–Kier alpha value is -2.28. The second kappa shape index (κ2) is 6.45. The number of aryl methyl sites for hydroxylation is 1. The molecular formula is C20H21N. The maximum atomic E-state index is 3.57. The topological polar surface area (TPSA) is 12.0 Å². The average molecular weight is 275 g/mol. The molecule has 1 N–H and O–H groups in total. The summed E-state index contributed by atoms with van der Waals surface area (Å²) in [7, 11) is 0. The fourth-order valence-electron chi connectivity index (χ4n) is 2.65. The first-order chi connectivity index (χ1) is 10.4. The largest absolute Gasteiger partial charge is 0.355 e. The molecule has 0 aliphatic heterocycles. The summed E-state index contributed by atoms with van der Waals surface area (Å²) in [6, 6.07) is 23.6. The summed E-state index contributed by atoms with van der Waals surface area (Å²) in [6.07, 6.45) is 3.59. The van der Waals surface area contributed by atoms with Gasteiger partial charge in [-0.05, 0) is 47.4 Å². The van der Waals surface area contributed by atoms with Crippen molar-refractivity contribution in [3.63, 3.8) is 0 Å². The van der Waals surface area contributed by atoms with Crippen molar-refractivity contribution < 1.29 is 0 Å². The van der Waals surface area contributed by atoms with Crippen LogP contribution in [-0.4, -0.2) is 0 Å². The Labute approximate surface area is 126 Å². The van der Waals surface area contributed by atoms with Crippen LogP contribution in [0.5, 0.6) is 0 Å². The monoisotopic (exact) mass is 275 g/mol. The van der Waals surface area contributed by atoms with Crippen LogP contribution in [0.2, 0.25) is 0 Å². The van der Waals surface area contributed by atoms with Crippen LogP contribution in [0.3, 0.4) is 0 Å². The van der Waals surface area contributed by atoms with Crippen molar-refractivity contribution in [3.05, 3.63) is 72.3 Å². The van der Waals surface area contributed by atoms with Crippen molar-refractivity contribution in [2.45, 2.75) is 26.2 Å². The van der Waals surface area contributed by atoms with Crippen molar-refractivity contribution in [2.75, 3.05) is 5.32 Å². The molecule has 1 nitrogen and oxygen atoms in total. The normalized spacial score (nSPS) is 10.7. The lowest BCUT2D eigenvalue weighted by atomic mass is 10.1. The summed E-state index contributed by atoms with van der Waals surface area (Å²) in [6.45, 7) is 2.24. The predicted octanol–water partition coefficient (Wildman–Crippen LogP) is 5.93. The molecule has 1 heteroatoms. The highest BCUT2D eigenvalue weighted by molar-refractivity contribution is 5.86. The molecule has 21 heavy (non-hydrogen) atoms. The molecule has 0 saturated carbocycles. The van der Waals surface area contributed by atoms with Gasteiger partial charge >= 0.3 is 0 Å². The third-order valence-corrected chi connectivity index (χ3v) is 3.85. The molecule has 0 aliphatic carbocycles. The molecule has 3 aromatic carbocycles. The molecular weight excluding hydrogens is 254 g/mol. The molecule has 0 bridgehead atoms. The van der Waals surface area contributed by atoms with Crippen LogP contribution in [0.4, 0.5) is 11.4 Å². The number of hydrogen-bond donors (Lipinski definition) is 1. The van der Waals surface area contributed by atoms with E-state index in [0.717, 1.165) is 12.1 Å². The van der Waals surface area contributed by atoms with E-state index in [1.165, 1.54) is 34.9 Å². The fraction of sp³-hybridized carbons (Fsp3) is 0.200. The van der Waals surface area contributed by atoms with Crippen LogP contribution in [0.25, 0.3) is 10.8 Å². The Bertz CT molecular complexity index is 730. The number of hydrogen-bond acceptors (Lipinski definition) is 1. The summed E-state index contributed by atoms with van der Waals surface area (Å²) >= 11 is 0. The molecule has 0 heterocycles. The second-order valence-corrected chi connectivity index (χ2v) is 5.45. The lowest BCUT2D eigenvalue weighted by molar-refractivity contribution is 0.796. The zero-order valence-corrected chi connectivity index (χ0v) is 12.5. The Morgan fingerprint density at radius 3 is 2.43 bits per heavy atom. The van der Waals surface area contributed by atoms with E-state index in [1.54, 1.807) is 0 Å². The van der Waals surface area contributed by atoms with Crippen LogP contribution in [0, 0.1) is 0 Å². The zero-order chi connectivity index (χ0) is 14.5. The SMILES string of the molecule is CCCCc1ccccc1Nc1ccc2ccccc2c1. The summed E-state index contributed by atoms with van der Waals surface area (Å²) in [4.78, 5) is 0. The Kier molecular flexibility index (Phi) is 4.20. The van der Waals surface area contributed by atoms with Crippen LogP contribution < -0.4 is 5.32 Å². The van der Waals surface area contributed by atoms with Gasteiger partial charge in [-0.25, -0.2) is 0 Å². The quantitative estimate of drug-likeness (QED) is 0.609. The molecule has 0 aromatic heterocycles. The molecule has 0 aliphatic rings. The molecule has 0 unspecified atom stereocenters. The molecule has 0 radical (unpaired) electrons. The molecule has 106 valence electrons. The van der Waals surface area contributed by atoms with E-state index in [4.69, 9.17) is 0 Å². The van der Waals surface area contributed by atoms with Gasteiger partial charge in [0.05, 0.1) is 0 Å². The van der Waals surface area contributed by atoms with E-state index in [0.29, 0.717) is 0 Å². The van der Waals surface area contributed by atoms with Crippen LogP contribution in [0.15, 0.2) is 66.7 Å². The van der Waals surface area contributed by atoms with E-state index < -0.39 is 0 Å². The van der Waals surface area contributed by atoms with Gasteiger partial charge in [-0.1, -0.05) is 61.9 Å². The van der Waals surface area contributed by atoms with E-state index >= 15 is 0 Å². The van der Waals surface area contributed by atoms with Gasteiger partial charge in [0.1, 0.15) is 0 Å². The summed E-state index contributed by atoms with van der Waals surface area (Å²) in [5.41, 5.74) is 3.77. The predicted molar refractivity (Wildman–Crippen MR) is 92.3 cm³/mol. The van der Waals surface area contributed by atoms with Crippen molar-refractivity contribution in [1.82, 2.24) is 0 Å². The van der Waals surface area contributed by atoms with Gasteiger partial charge in [-0.3, -0.25) is 0 Å². The minimum Gasteiger partial charge on any atom is -0.355 e. The standard InChI is InChI=1S/C20H21N/c1-2-3-8-17-10-6-7-12-20(17)21-19-14-13-16-9-4-5-11-18(16)15-19/h4-7,9-15,21H,2-3,8H2,1H3. The fourth-order valence-corrected chi connectivity index (χ4v) is 2.65. The average Bonchev–Trinajstić information content (AvgIpc) is 2.54. The molecule has 3 aromatic rings. The highest BCUT2D eigenvalue weighted by Gasteiger charge is 2.02. The van der Waals surface area contributed by atoms with Gasteiger partial charge in [-0.2, -0.15) is 0 Å². The van der Waals surface area contributed by atoms with Crippen LogP contribution in [-0.2, 0) is 6.42 Å². The van der Waals surface area contributed by atoms with Gasteiger partial charge in [0.15, 0.2) is 0 Å². The number of benzene rings is 3. The summed E-state index contributed by atoms with van der Waals surface area (Å²) < 4.78 is 0. The number of nitrogens with one attached hydrogen (secondary N) is 1. The third kappa shape index (κ3) is 3.25. The van der Waals surface area contributed by atoms with Gasteiger partial charge in [0.2, 0.25) is 0 Å². The maximum Gasteiger partial charge on any atom is 0.0416 e. The molecule has 0 fully saturated rings. The first-order valence-corrected chi connectivity index (χ1v) is 7.70. The van der Waals surface area contributed by atoms with Crippen molar-refractivity contribution >= 4 is 22.1 Å². The van der Waals surface area contributed by atoms with Crippen molar-refractivity contribution in [1.29, 1.82) is 0 Å². The Morgan fingerprint density at radius 2 is 1.57 bits per heavy atom. The smallest absolute Gasteiger partial charge is 0.0416 e. The highest BCUT2D eigenvalue weighted by atomic mass is 14.9. The number of para-hydroxylation sites is 1. The third-order valence-electron chi connectivity index (χ3n) is 3.85. The van der Waals surface area contributed by atoms with E-state index in [-0.39, 0.29) is 0 Å². The van der Waals surface area contributed by atoms with Crippen molar-refractivity contribution in [2.24, 2.45) is 0 Å². The number of rotatable bonds is 5. The minimum atomic E-state index is 1.13. The lowest BCUT2D eigenvalue weighted by Crippen LogP contribution is -1.96. The second-order valence-electron chi connectivity index (χ2n) is 5.45. The molecule has 0 saturated heterocycles. The van der Waals surface area contributed by atoms with E-state index in [9.17, 15) is 0 Å². The molecule has 0 spiro atoms. The van der Waals surface area contributed by atoms with Crippen LogP contribution >= 0.6 is 0 Å².